The van der Waals surface area contributed by atoms with Crippen LogP contribution in [0.15, 0.2) is 10.6 Å². The highest BCUT2D eigenvalue weighted by atomic mass is 35.5. The second-order valence-electron chi connectivity index (χ2n) is 9.10. The smallest absolute Gasteiger partial charge is 0.116 e. The molecular formula is C19H29ClFNO. The van der Waals surface area contributed by atoms with Gasteiger partial charge in [-0.05, 0) is 79.1 Å². The number of aliphatic hydroxyl groups is 1. The van der Waals surface area contributed by atoms with Crippen LogP contribution in [0.25, 0.3) is 0 Å². The van der Waals surface area contributed by atoms with Crippen LogP contribution in [0, 0.1) is 28.6 Å². The molecule has 3 N–H and O–H groups in total. The fourth-order valence-corrected chi connectivity index (χ4v) is 7.19. The minimum atomic E-state index is -0.867. The normalized spacial score (nSPS) is 56.1. The largest absolute Gasteiger partial charge is 0.393 e. The molecule has 0 aromatic carbocycles. The third kappa shape index (κ3) is 2.12. The molecule has 4 aliphatic carbocycles. The summed E-state index contributed by atoms with van der Waals surface area (Å²) in [5.41, 5.74) is 7.57. The molecule has 3 saturated carbocycles. The Bertz CT molecular complexity index is 551. The number of hydrogen-bond donors (Lipinski definition) is 2. The van der Waals surface area contributed by atoms with Gasteiger partial charge in [0.25, 0.3) is 0 Å². The number of fused-ring (bicyclic) bond motifs is 5. The molecular weight excluding hydrogens is 313 g/mol. The molecule has 4 rings (SSSR count). The number of hydrogen-bond acceptors (Lipinski definition) is 2. The summed E-state index contributed by atoms with van der Waals surface area (Å²) in [6, 6.07) is -0.321. The lowest BCUT2D eigenvalue weighted by atomic mass is 9.48. The summed E-state index contributed by atoms with van der Waals surface area (Å²) in [4.78, 5) is 0. The van der Waals surface area contributed by atoms with Crippen LogP contribution < -0.4 is 5.73 Å². The Morgan fingerprint density at radius 1 is 1.17 bits per heavy atom. The lowest BCUT2D eigenvalue weighted by molar-refractivity contribution is -0.0412. The topological polar surface area (TPSA) is 46.2 Å². The third-order valence-corrected chi connectivity index (χ3v) is 8.57. The van der Waals surface area contributed by atoms with Crippen LogP contribution in [0.4, 0.5) is 4.39 Å². The second-order valence-corrected chi connectivity index (χ2v) is 9.56. The van der Waals surface area contributed by atoms with E-state index < -0.39 is 6.17 Å². The molecule has 3 fully saturated rings. The monoisotopic (exact) mass is 341 g/mol. The number of halogens is 2. The highest BCUT2D eigenvalue weighted by Crippen LogP contribution is 2.66. The molecule has 0 aromatic heterocycles. The van der Waals surface area contributed by atoms with Crippen molar-refractivity contribution in [1.29, 1.82) is 0 Å². The molecule has 23 heavy (non-hydrogen) atoms. The lowest BCUT2D eigenvalue weighted by Crippen LogP contribution is -2.53. The maximum Gasteiger partial charge on any atom is 0.116 e. The van der Waals surface area contributed by atoms with Crippen LogP contribution in [0.2, 0.25) is 0 Å². The molecule has 4 aliphatic rings. The van der Waals surface area contributed by atoms with Gasteiger partial charge in [0.2, 0.25) is 0 Å². The summed E-state index contributed by atoms with van der Waals surface area (Å²) >= 11 is 6.72. The van der Waals surface area contributed by atoms with Gasteiger partial charge in [-0.25, -0.2) is 4.39 Å². The van der Waals surface area contributed by atoms with Crippen LogP contribution in [-0.4, -0.2) is 23.4 Å². The molecule has 0 unspecified atom stereocenters. The molecule has 0 aromatic rings. The number of nitrogens with two attached hydrogens (primary N) is 1. The quantitative estimate of drug-likeness (QED) is 0.695. The fourth-order valence-electron chi connectivity index (χ4n) is 6.72. The van der Waals surface area contributed by atoms with Crippen molar-refractivity contribution in [2.45, 2.75) is 77.1 Å². The molecule has 4 heteroatoms. The maximum absolute atomic E-state index is 14.4. The maximum atomic E-state index is 14.4. The molecule has 0 saturated heterocycles. The molecule has 2 nitrogen and oxygen atoms in total. The Morgan fingerprint density at radius 3 is 2.65 bits per heavy atom. The van der Waals surface area contributed by atoms with Crippen LogP contribution in [-0.2, 0) is 0 Å². The fraction of sp³-hybridized carbons (Fsp3) is 0.895. The van der Waals surface area contributed by atoms with Crippen molar-refractivity contribution in [3.63, 3.8) is 0 Å². The number of alkyl halides is 1. The lowest BCUT2D eigenvalue weighted by Gasteiger charge is -2.58. The number of aliphatic hydroxyl groups excluding tert-OH is 1. The molecule has 0 radical (unpaired) electrons. The van der Waals surface area contributed by atoms with Crippen LogP contribution in [0.3, 0.4) is 0 Å². The van der Waals surface area contributed by atoms with E-state index in [9.17, 15) is 9.50 Å². The van der Waals surface area contributed by atoms with Crippen molar-refractivity contribution in [3.8, 4) is 0 Å². The molecule has 0 bridgehead atoms. The molecule has 0 spiro atoms. The van der Waals surface area contributed by atoms with Gasteiger partial charge in [0.15, 0.2) is 0 Å². The van der Waals surface area contributed by atoms with E-state index in [0.29, 0.717) is 24.2 Å². The summed E-state index contributed by atoms with van der Waals surface area (Å²) in [6.07, 6.45) is 5.12. The molecule has 8 atom stereocenters. The van der Waals surface area contributed by atoms with Crippen molar-refractivity contribution < 1.29 is 9.50 Å². The zero-order chi connectivity index (χ0) is 16.6. The molecule has 130 valence electrons. The summed E-state index contributed by atoms with van der Waals surface area (Å²) in [7, 11) is 0. The number of allylic oxidation sites excluding steroid dienone is 1. The Hall–Kier alpha value is -0.120. The van der Waals surface area contributed by atoms with E-state index >= 15 is 0 Å². The SMILES string of the molecule is C[C@]12CC[C@H]3[C@@H](CC(Cl)=C4C[C@@H](O)CC[C@@]43C)[C@@H]1C[C@@H](F)[C@@H]2N. The van der Waals surface area contributed by atoms with Gasteiger partial charge in [0, 0.05) is 11.1 Å². The standard InChI is InChI=1S/C19H29ClFNO/c1-18-5-3-10(23)7-14(18)15(20)8-11-12(18)4-6-19(2)13(11)9-16(21)17(19)22/h10-13,16-17,23H,3-9,22H2,1-2H3/t10-,11+,12-,13-,16+,17-,18+,19-/m0/s1. The van der Waals surface area contributed by atoms with Crippen molar-refractivity contribution in [1.82, 2.24) is 0 Å². The Morgan fingerprint density at radius 2 is 1.91 bits per heavy atom. The van der Waals surface area contributed by atoms with E-state index in [-0.39, 0.29) is 23.0 Å². The van der Waals surface area contributed by atoms with Gasteiger partial charge >= 0.3 is 0 Å². The average molecular weight is 342 g/mol. The van der Waals surface area contributed by atoms with Crippen molar-refractivity contribution in [3.05, 3.63) is 10.6 Å². The van der Waals surface area contributed by atoms with Crippen molar-refractivity contribution in [2.24, 2.45) is 34.3 Å². The minimum Gasteiger partial charge on any atom is -0.393 e. The van der Waals surface area contributed by atoms with Gasteiger partial charge in [0.05, 0.1) is 6.10 Å². The Kier molecular flexibility index (Phi) is 3.69. The van der Waals surface area contributed by atoms with Crippen molar-refractivity contribution in [2.75, 3.05) is 0 Å². The first kappa shape index (κ1) is 16.4. The van der Waals surface area contributed by atoms with E-state index in [2.05, 4.69) is 13.8 Å². The molecule has 0 amide bonds. The van der Waals surface area contributed by atoms with Crippen LogP contribution >= 0.6 is 11.6 Å². The van der Waals surface area contributed by atoms with E-state index in [4.69, 9.17) is 17.3 Å². The first-order chi connectivity index (χ1) is 10.8. The van der Waals surface area contributed by atoms with Crippen molar-refractivity contribution >= 4 is 11.6 Å². The van der Waals surface area contributed by atoms with E-state index in [1.54, 1.807) is 0 Å². The van der Waals surface area contributed by atoms with E-state index in [0.717, 1.165) is 43.6 Å². The second kappa shape index (κ2) is 5.19. The van der Waals surface area contributed by atoms with Gasteiger partial charge in [-0.1, -0.05) is 25.4 Å². The van der Waals surface area contributed by atoms with E-state index in [1.807, 2.05) is 0 Å². The minimum absolute atomic E-state index is 0.0696. The van der Waals surface area contributed by atoms with Gasteiger partial charge in [-0.2, -0.15) is 0 Å². The van der Waals surface area contributed by atoms with Gasteiger partial charge < -0.3 is 10.8 Å². The summed E-state index contributed by atoms with van der Waals surface area (Å²) in [6.45, 7) is 4.55. The van der Waals surface area contributed by atoms with Gasteiger partial charge in [0.1, 0.15) is 6.17 Å². The summed E-state index contributed by atoms with van der Waals surface area (Å²) in [5.74, 6) is 1.38. The summed E-state index contributed by atoms with van der Waals surface area (Å²) in [5, 5.41) is 11.0. The first-order valence-corrected chi connectivity index (χ1v) is 9.61. The zero-order valence-corrected chi connectivity index (χ0v) is 15.0. The Balaban J connectivity index is 1.73. The zero-order valence-electron chi connectivity index (χ0n) is 14.2. The predicted molar refractivity (Wildman–Crippen MR) is 90.8 cm³/mol. The van der Waals surface area contributed by atoms with Gasteiger partial charge in [-0.3, -0.25) is 0 Å². The van der Waals surface area contributed by atoms with Crippen LogP contribution in [0.1, 0.15) is 58.8 Å². The average Bonchev–Trinajstić information content (AvgIpc) is 2.73. The third-order valence-electron chi connectivity index (χ3n) is 8.19. The van der Waals surface area contributed by atoms with Crippen LogP contribution in [0.5, 0.6) is 0 Å². The molecule has 0 heterocycles. The highest BCUT2D eigenvalue weighted by molar-refractivity contribution is 6.30. The molecule has 0 aliphatic heterocycles. The predicted octanol–water partition coefficient (Wildman–Crippen LogP) is 4.15. The summed E-state index contributed by atoms with van der Waals surface area (Å²) < 4.78 is 14.4. The Labute approximate surface area is 143 Å². The number of rotatable bonds is 0. The van der Waals surface area contributed by atoms with E-state index in [1.165, 1.54) is 5.57 Å². The highest BCUT2D eigenvalue weighted by Gasteiger charge is 2.61. The first-order valence-electron chi connectivity index (χ1n) is 9.23. The van der Waals surface area contributed by atoms with Gasteiger partial charge in [-0.15, -0.1) is 0 Å².